The molecule has 5 nitrogen and oxygen atoms in total. The summed E-state index contributed by atoms with van der Waals surface area (Å²) in [6.45, 7) is 1.59. The first-order chi connectivity index (χ1) is 13.6. The van der Waals surface area contributed by atoms with Crippen LogP contribution in [0.2, 0.25) is 5.02 Å². The first-order valence-corrected chi connectivity index (χ1v) is 9.55. The van der Waals surface area contributed by atoms with Crippen molar-refractivity contribution in [3.63, 3.8) is 0 Å². The summed E-state index contributed by atoms with van der Waals surface area (Å²) in [5, 5.41) is 8.42. The predicted octanol–water partition coefficient (Wildman–Crippen LogP) is 3.61. The third kappa shape index (κ3) is 3.94. The molecule has 1 fully saturated rings. The average molecular weight is 394 g/mol. The number of fused-ring (bicyclic) bond motifs is 1. The number of anilines is 2. The molecule has 1 saturated heterocycles. The molecule has 28 heavy (non-hydrogen) atoms. The van der Waals surface area contributed by atoms with Crippen molar-refractivity contribution in [3.8, 4) is 0 Å². The van der Waals surface area contributed by atoms with Crippen LogP contribution in [0, 0.1) is 0 Å². The number of halogens is 1. The zero-order valence-corrected chi connectivity index (χ0v) is 16.0. The Morgan fingerprint density at radius 2 is 1.93 bits per heavy atom. The smallest absolute Gasteiger partial charge is 0.239 e. The molecule has 6 heteroatoms. The van der Waals surface area contributed by atoms with E-state index in [0.717, 1.165) is 22.0 Å². The molecule has 0 bridgehead atoms. The van der Waals surface area contributed by atoms with Crippen LogP contribution >= 0.6 is 11.6 Å². The maximum Gasteiger partial charge on any atom is 0.239 e. The fourth-order valence-corrected chi connectivity index (χ4v) is 3.81. The Balaban J connectivity index is 1.47. The quantitative estimate of drug-likeness (QED) is 0.711. The summed E-state index contributed by atoms with van der Waals surface area (Å²) in [4.78, 5) is 26.1. The molecule has 1 aliphatic heterocycles. The minimum atomic E-state index is -0.0995. The maximum atomic E-state index is 12.5. The lowest BCUT2D eigenvalue weighted by molar-refractivity contribution is -0.120. The van der Waals surface area contributed by atoms with E-state index >= 15 is 0 Å². The molecule has 1 heterocycles. The zero-order valence-electron chi connectivity index (χ0n) is 15.2. The second-order valence-corrected chi connectivity index (χ2v) is 7.21. The highest BCUT2D eigenvalue weighted by molar-refractivity contribution is 6.33. The van der Waals surface area contributed by atoms with E-state index in [-0.39, 0.29) is 24.8 Å². The van der Waals surface area contributed by atoms with Crippen LogP contribution in [0.25, 0.3) is 10.8 Å². The van der Waals surface area contributed by atoms with Gasteiger partial charge in [-0.05, 0) is 34.5 Å². The van der Waals surface area contributed by atoms with E-state index in [1.165, 1.54) is 0 Å². The molecular formula is C22H20ClN3O2. The molecule has 0 aliphatic carbocycles. The van der Waals surface area contributed by atoms with Gasteiger partial charge in [0, 0.05) is 18.8 Å². The average Bonchev–Trinajstić information content (AvgIpc) is 2.68. The summed E-state index contributed by atoms with van der Waals surface area (Å²) < 4.78 is 0. The highest BCUT2D eigenvalue weighted by Crippen LogP contribution is 2.29. The van der Waals surface area contributed by atoms with E-state index in [0.29, 0.717) is 23.8 Å². The Morgan fingerprint density at radius 1 is 1.11 bits per heavy atom. The van der Waals surface area contributed by atoms with Crippen molar-refractivity contribution in [2.24, 2.45) is 0 Å². The zero-order chi connectivity index (χ0) is 19.5. The summed E-state index contributed by atoms with van der Waals surface area (Å²) in [7, 11) is 0. The minimum absolute atomic E-state index is 0.0187. The van der Waals surface area contributed by atoms with Crippen molar-refractivity contribution < 1.29 is 9.59 Å². The van der Waals surface area contributed by atoms with E-state index in [1.54, 1.807) is 6.07 Å². The molecule has 3 aromatic carbocycles. The third-order valence-electron chi connectivity index (χ3n) is 4.84. The van der Waals surface area contributed by atoms with Crippen molar-refractivity contribution in [2.75, 3.05) is 29.9 Å². The lowest BCUT2D eigenvalue weighted by Crippen LogP contribution is -2.47. The van der Waals surface area contributed by atoms with Gasteiger partial charge in [0.25, 0.3) is 0 Å². The Kier molecular flexibility index (Phi) is 5.17. The van der Waals surface area contributed by atoms with Crippen molar-refractivity contribution in [1.29, 1.82) is 0 Å². The largest absolute Gasteiger partial charge is 0.359 e. The summed E-state index contributed by atoms with van der Waals surface area (Å²) in [6.07, 6.45) is 0.285. The lowest BCUT2D eigenvalue weighted by Gasteiger charge is -2.29. The number of carbonyl (C=O) groups is 2. The van der Waals surface area contributed by atoms with Crippen LogP contribution in [0.5, 0.6) is 0 Å². The van der Waals surface area contributed by atoms with Gasteiger partial charge in [0.1, 0.15) is 0 Å². The van der Waals surface area contributed by atoms with Crippen molar-refractivity contribution in [2.45, 2.75) is 6.42 Å². The number of hydrogen-bond donors (Lipinski definition) is 2. The monoisotopic (exact) mass is 393 g/mol. The van der Waals surface area contributed by atoms with E-state index in [1.807, 2.05) is 59.5 Å². The van der Waals surface area contributed by atoms with Gasteiger partial charge in [-0.15, -0.1) is 0 Å². The van der Waals surface area contributed by atoms with Crippen LogP contribution < -0.4 is 15.5 Å². The van der Waals surface area contributed by atoms with Crippen LogP contribution in [-0.2, 0) is 16.0 Å². The number of hydrogen-bond acceptors (Lipinski definition) is 3. The van der Waals surface area contributed by atoms with Crippen LogP contribution in [0.3, 0.4) is 0 Å². The summed E-state index contributed by atoms with van der Waals surface area (Å²) in [6, 6.07) is 19.4. The fraction of sp³-hybridized carbons (Fsp3) is 0.182. The lowest BCUT2D eigenvalue weighted by atomic mass is 10.0. The van der Waals surface area contributed by atoms with Gasteiger partial charge in [0.05, 0.1) is 23.7 Å². The van der Waals surface area contributed by atoms with Gasteiger partial charge >= 0.3 is 0 Å². The molecule has 1 aliphatic rings. The molecule has 0 saturated carbocycles. The topological polar surface area (TPSA) is 61.4 Å². The number of amides is 2. The summed E-state index contributed by atoms with van der Waals surface area (Å²) >= 11 is 6.41. The van der Waals surface area contributed by atoms with Crippen LogP contribution in [0.1, 0.15) is 5.56 Å². The highest BCUT2D eigenvalue weighted by atomic mass is 35.5. The number of rotatable bonds is 4. The van der Waals surface area contributed by atoms with Gasteiger partial charge in [-0.2, -0.15) is 0 Å². The normalized spacial score (nSPS) is 14.0. The highest BCUT2D eigenvalue weighted by Gasteiger charge is 2.19. The van der Waals surface area contributed by atoms with Crippen molar-refractivity contribution in [1.82, 2.24) is 5.32 Å². The Hall–Kier alpha value is -3.05. The molecule has 0 aromatic heterocycles. The van der Waals surface area contributed by atoms with E-state index in [4.69, 9.17) is 11.6 Å². The Labute approximate surface area is 168 Å². The van der Waals surface area contributed by atoms with Gasteiger partial charge in [-0.3, -0.25) is 9.59 Å². The molecule has 0 unspecified atom stereocenters. The van der Waals surface area contributed by atoms with Gasteiger partial charge in [-0.1, -0.05) is 54.1 Å². The Morgan fingerprint density at radius 3 is 2.75 bits per heavy atom. The standard InChI is InChI=1S/C22H20ClN3O2/c23-19-13-17(8-9-20(19)26-11-10-24-22(28)14-26)25-21(27)12-16-6-3-5-15-4-1-2-7-18(15)16/h1-9,13H,10-12,14H2,(H,24,28)(H,25,27). The minimum Gasteiger partial charge on any atom is -0.359 e. The molecule has 0 spiro atoms. The summed E-state index contributed by atoms with van der Waals surface area (Å²) in [5.41, 5.74) is 2.42. The maximum absolute atomic E-state index is 12.5. The predicted molar refractivity (Wildman–Crippen MR) is 113 cm³/mol. The summed E-state index contributed by atoms with van der Waals surface area (Å²) in [5.74, 6) is -0.118. The first kappa shape index (κ1) is 18.3. The molecule has 4 rings (SSSR count). The third-order valence-corrected chi connectivity index (χ3v) is 5.14. The molecule has 3 aromatic rings. The number of benzene rings is 3. The fourth-order valence-electron chi connectivity index (χ4n) is 3.51. The second-order valence-electron chi connectivity index (χ2n) is 6.80. The molecule has 0 radical (unpaired) electrons. The van der Waals surface area contributed by atoms with Crippen LogP contribution in [-0.4, -0.2) is 31.4 Å². The molecule has 0 atom stereocenters. The van der Waals surface area contributed by atoms with E-state index < -0.39 is 0 Å². The van der Waals surface area contributed by atoms with E-state index in [2.05, 4.69) is 10.6 Å². The number of carbonyl (C=O) groups excluding carboxylic acids is 2. The van der Waals surface area contributed by atoms with Crippen LogP contribution in [0.15, 0.2) is 60.7 Å². The van der Waals surface area contributed by atoms with Gasteiger partial charge in [0.15, 0.2) is 0 Å². The Bertz CT molecular complexity index is 1050. The van der Waals surface area contributed by atoms with Gasteiger partial charge in [0.2, 0.25) is 11.8 Å². The number of piperazine rings is 1. The van der Waals surface area contributed by atoms with Crippen molar-refractivity contribution in [3.05, 3.63) is 71.2 Å². The second kappa shape index (κ2) is 7.90. The van der Waals surface area contributed by atoms with Crippen LogP contribution in [0.4, 0.5) is 11.4 Å². The van der Waals surface area contributed by atoms with Gasteiger partial charge < -0.3 is 15.5 Å². The van der Waals surface area contributed by atoms with Crippen molar-refractivity contribution >= 4 is 45.6 Å². The SMILES string of the molecule is O=C1CN(c2ccc(NC(=O)Cc3cccc4ccccc34)cc2Cl)CCN1. The van der Waals surface area contributed by atoms with Gasteiger partial charge in [-0.25, -0.2) is 0 Å². The first-order valence-electron chi connectivity index (χ1n) is 9.18. The molecular weight excluding hydrogens is 374 g/mol. The number of nitrogens with one attached hydrogen (secondary N) is 2. The molecule has 142 valence electrons. The van der Waals surface area contributed by atoms with E-state index in [9.17, 15) is 9.59 Å². The molecule has 2 N–H and O–H groups in total. The number of nitrogens with zero attached hydrogens (tertiary/aromatic N) is 1. The molecule has 2 amide bonds.